The Morgan fingerprint density at radius 1 is 1.50 bits per heavy atom. The molecule has 2 aliphatic heterocycles. The van der Waals surface area contributed by atoms with E-state index in [9.17, 15) is 0 Å². The van der Waals surface area contributed by atoms with Gasteiger partial charge in [-0.05, 0) is 32.4 Å². The first-order valence-electron chi connectivity index (χ1n) is 4.27. The van der Waals surface area contributed by atoms with Gasteiger partial charge in [-0.1, -0.05) is 0 Å². The molecule has 2 heteroatoms. The normalized spacial score (nSPS) is 41.7. The van der Waals surface area contributed by atoms with Crippen LogP contribution in [-0.4, -0.2) is 37.6 Å². The number of rotatable bonds is 0. The number of likely N-dealkylation sites (N-methyl/N-ethyl adjacent to an activating group) is 1. The minimum Gasteiger partial charge on any atom is -0.315 e. The molecule has 0 spiro atoms. The van der Waals surface area contributed by atoms with Crippen molar-refractivity contribution in [1.82, 2.24) is 10.2 Å². The van der Waals surface area contributed by atoms with E-state index in [0.29, 0.717) is 0 Å². The molecule has 0 radical (unpaired) electrons. The highest BCUT2D eigenvalue weighted by atomic mass is 15.2. The molecule has 0 aromatic heterocycles. The standard InChI is InChI=1S/C8H16N2/c1-10-6-7-2-3-9-5-8(10)4-7/h7-9H,2-6H2,1H3. The Kier molecular flexibility index (Phi) is 1.66. The minimum atomic E-state index is 0.840. The van der Waals surface area contributed by atoms with Gasteiger partial charge >= 0.3 is 0 Å². The van der Waals surface area contributed by atoms with Crippen molar-refractivity contribution in [3.63, 3.8) is 0 Å². The maximum Gasteiger partial charge on any atom is 0.0220 e. The number of nitrogens with zero attached hydrogens (tertiary/aromatic N) is 1. The Labute approximate surface area is 62.6 Å². The Hall–Kier alpha value is -0.0800. The van der Waals surface area contributed by atoms with Crippen LogP contribution in [0.5, 0.6) is 0 Å². The summed E-state index contributed by atoms with van der Waals surface area (Å²) in [5, 5.41) is 3.47. The van der Waals surface area contributed by atoms with Crippen LogP contribution >= 0.6 is 0 Å². The molecule has 0 aromatic rings. The summed E-state index contributed by atoms with van der Waals surface area (Å²) < 4.78 is 0. The summed E-state index contributed by atoms with van der Waals surface area (Å²) in [5.41, 5.74) is 0. The van der Waals surface area contributed by atoms with Gasteiger partial charge < -0.3 is 10.2 Å². The van der Waals surface area contributed by atoms with Gasteiger partial charge in [0.1, 0.15) is 0 Å². The fourth-order valence-corrected chi connectivity index (χ4v) is 2.22. The van der Waals surface area contributed by atoms with Crippen LogP contribution in [0.4, 0.5) is 0 Å². The highest BCUT2D eigenvalue weighted by molar-refractivity contribution is 4.87. The fraction of sp³-hybridized carbons (Fsp3) is 1.00. The lowest BCUT2D eigenvalue weighted by Gasteiger charge is -2.20. The van der Waals surface area contributed by atoms with Gasteiger partial charge in [0, 0.05) is 19.1 Å². The molecular formula is C8H16N2. The number of hydrogen-bond donors (Lipinski definition) is 1. The Morgan fingerprint density at radius 3 is 3.30 bits per heavy atom. The smallest absolute Gasteiger partial charge is 0.0220 e. The van der Waals surface area contributed by atoms with Crippen LogP contribution in [0.3, 0.4) is 0 Å². The van der Waals surface area contributed by atoms with E-state index in [1.54, 1.807) is 0 Å². The molecule has 2 nitrogen and oxygen atoms in total. The van der Waals surface area contributed by atoms with Gasteiger partial charge in [0.25, 0.3) is 0 Å². The second kappa shape index (κ2) is 2.51. The van der Waals surface area contributed by atoms with Gasteiger partial charge in [0.05, 0.1) is 0 Å². The summed E-state index contributed by atoms with van der Waals surface area (Å²) in [6.45, 7) is 3.80. The quantitative estimate of drug-likeness (QED) is 0.520. The second-order valence-electron chi connectivity index (χ2n) is 3.69. The third-order valence-electron chi connectivity index (χ3n) is 2.88. The van der Waals surface area contributed by atoms with Crippen LogP contribution in [0, 0.1) is 5.92 Å². The lowest BCUT2D eigenvalue weighted by Crippen LogP contribution is -2.36. The number of hydrogen-bond acceptors (Lipinski definition) is 2. The van der Waals surface area contributed by atoms with E-state index in [0.717, 1.165) is 12.0 Å². The van der Waals surface area contributed by atoms with Gasteiger partial charge in [-0.15, -0.1) is 0 Å². The molecule has 2 unspecified atom stereocenters. The molecule has 2 aliphatic rings. The molecule has 2 fully saturated rings. The van der Waals surface area contributed by atoms with Crippen molar-refractivity contribution >= 4 is 0 Å². The van der Waals surface area contributed by atoms with Crippen molar-refractivity contribution in [2.24, 2.45) is 5.92 Å². The summed E-state index contributed by atoms with van der Waals surface area (Å²) in [7, 11) is 2.25. The predicted octanol–water partition coefficient (Wildman–Crippen LogP) is 0.300. The Morgan fingerprint density at radius 2 is 2.40 bits per heavy atom. The van der Waals surface area contributed by atoms with Crippen molar-refractivity contribution in [3.8, 4) is 0 Å². The van der Waals surface area contributed by atoms with Crippen LogP contribution in [0.15, 0.2) is 0 Å². The van der Waals surface area contributed by atoms with E-state index in [2.05, 4.69) is 17.3 Å². The zero-order valence-corrected chi connectivity index (χ0v) is 6.64. The van der Waals surface area contributed by atoms with Gasteiger partial charge in [-0.2, -0.15) is 0 Å². The maximum absolute atomic E-state index is 3.47. The highest BCUT2D eigenvalue weighted by Crippen LogP contribution is 2.25. The van der Waals surface area contributed by atoms with Crippen LogP contribution in [0.2, 0.25) is 0 Å². The lowest BCUT2D eigenvalue weighted by molar-refractivity contribution is 0.287. The average Bonchev–Trinajstić information content (AvgIpc) is 2.18. The monoisotopic (exact) mass is 140 g/mol. The van der Waals surface area contributed by atoms with Crippen LogP contribution in [0.1, 0.15) is 12.8 Å². The molecule has 2 saturated heterocycles. The largest absolute Gasteiger partial charge is 0.315 e. The first-order chi connectivity index (χ1) is 4.86. The minimum absolute atomic E-state index is 0.840. The molecule has 0 amide bonds. The molecule has 0 saturated carbocycles. The molecule has 2 rings (SSSR count). The average molecular weight is 140 g/mol. The molecular weight excluding hydrogens is 124 g/mol. The number of nitrogens with one attached hydrogen (secondary N) is 1. The lowest BCUT2D eigenvalue weighted by atomic mass is 10.0. The maximum atomic E-state index is 3.47. The van der Waals surface area contributed by atoms with Gasteiger partial charge in [-0.25, -0.2) is 0 Å². The number of likely N-dealkylation sites (tertiary alicyclic amines) is 1. The van der Waals surface area contributed by atoms with E-state index < -0.39 is 0 Å². The van der Waals surface area contributed by atoms with Gasteiger partial charge in [0.15, 0.2) is 0 Å². The predicted molar refractivity (Wildman–Crippen MR) is 42.0 cm³/mol. The molecule has 2 bridgehead atoms. The first kappa shape index (κ1) is 6.62. The van der Waals surface area contributed by atoms with Gasteiger partial charge in [-0.3, -0.25) is 0 Å². The SMILES string of the molecule is CN1CC2CCNCC1C2. The van der Waals surface area contributed by atoms with Crippen LogP contribution in [0.25, 0.3) is 0 Å². The first-order valence-corrected chi connectivity index (χ1v) is 4.27. The third kappa shape index (κ3) is 1.06. The molecule has 2 atom stereocenters. The molecule has 10 heavy (non-hydrogen) atoms. The van der Waals surface area contributed by atoms with E-state index in [4.69, 9.17) is 0 Å². The van der Waals surface area contributed by atoms with E-state index >= 15 is 0 Å². The Balaban J connectivity index is 2.03. The van der Waals surface area contributed by atoms with Crippen molar-refractivity contribution in [2.45, 2.75) is 18.9 Å². The Bertz CT molecular complexity index is 124. The zero-order chi connectivity index (χ0) is 6.97. The van der Waals surface area contributed by atoms with Gasteiger partial charge in [0.2, 0.25) is 0 Å². The molecule has 0 aromatic carbocycles. The van der Waals surface area contributed by atoms with Crippen molar-refractivity contribution in [2.75, 3.05) is 26.7 Å². The summed E-state index contributed by atoms with van der Waals surface area (Å²) in [6, 6.07) is 0.840. The fourth-order valence-electron chi connectivity index (χ4n) is 2.22. The highest BCUT2D eigenvalue weighted by Gasteiger charge is 2.30. The molecule has 0 aliphatic carbocycles. The molecule has 58 valence electrons. The van der Waals surface area contributed by atoms with E-state index in [1.807, 2.05) is 0 Å². The summed E-state index contributed by atoms with van der Waals surface area (Å²) in [6.07, 6.45) is 2.82. The number of fused-ring (bicyclic) bond motifs is 2. The summed E-state index contributed by atoms with van der Waals surface area (Å²) >= 11 is 0. The van der Waals surface area contributed by atoms with Crippen molar-refractivity contribution < 1.29 is 0 Å². The van der Waals surface area contributed by atoms with E-state index in [1.165, 1.54) is 32.5 Å². The second-order valence-corrected chi connectivity index (χ2v) is 3.69. The molecule has 2 heterocycles. The van der Waals surface area contributed by atoms with E-state index in [-0.39, 0.29) is 0 Å². The van der Waals surface area contributed by atoms with Crippen LogP contribution in [-0.2, 0) is 0 Å². The molecule has 1 N–H and O–H groups in total. The third-order valence-corrected chi connectivity index (χ3v) is 2.88. The van der Waals surface area contributed by atoms with Crippen molar-refractivity contribution in [3.05, 3.63) is 0 Å². The van der Waals surface area contributed by atoms with Crippen LogP contribution < -0.4 is 5.32 Å². The zero-order valence-electron chi connectivity index (χ0n) is 6.64. The summed E-state index contributed by atoms with van der Waals surface area (Å²) in [5.74, 6) is 0.991. The van der Waals surface area contributed by atoms with Crippen molar-refractivity contribution in [1.29, 1.82) is 0 Å². The topological polar surface area (TPSA) is 15.3 Å². The summed E-state index contributed by atoms with van der Waals surface area (Å²) in [4.78, 5) is 2.50.